The van der Waals surface area contributed by atoms with Crippen molar-refractivity contribution in [3.05, 3.63) is 11.9 Å². The first-order valence-corrected chi connectivity index (χ1v) is 6.77. The Morgan fingerprint density at radius 2 is 2.33 bits per heavy atom. The van der Waals surface area contributed by atoms with Crippen LogP contribution in [-0.4, -0.2) is 42.2 Å². The maximum Gasteiger partial charge on any atom is 0.134 e. The highest BCUT2D eigenvalue weighted by Crippen LogP contribution is 2.17. The number of nitrogens with zero attached hydrogens (tertiary/aromatic N) is 3. The normalized spacial score (nSPS) is 19.9. The molecule has 1 fully saturated rings. The minimum Gasteiger partial charge on any atom is -0.370 e. The first-order valence-electron chi connectivity index (χ1n) is 6.77. The highest BCUT2D eigenvalue weighted by molar-refractivity contribution is 5.49. The van der Waals surface area contributed by atoms with Gasteiger partial charge in [0.05, 0.1) is 0 Å². The first-order chi connectivity index (χ1) is 8.69. The Kier molecular flexibility index (Phi) is 4.36. The van der Waals surface area contributed by atoms with E-state index in [2.05, 4.69) is 45.4 Å². The van der Waals surface area contributed by atoms with Crippen LogP contribution in [0.2, 0.25) is 0 Å². The van der Waals surface area contributed by atoms with Crippen LogP contribution < -0.4 is 15.5 Å². The number of aromatic nitrogens is 2. The van der Waals surface area contributed by atoms with Crippen LogP contribution in [-0.2, 0) is 0 Å². The molecule has 2 N–H and O–H groups in total. The lowest BCUT2D eigenvalue weighted by Gasteiger charge is -2.33. The van der Waals surface area contributed by atoms with Crippen LogP contribution in [0.4, 0.5) is 11.6 Å². The molecule has 1 aromatic heterocycles. The zero-order valence-corrected chi connectivity index (χ0v) is 11.5. The second-order valence-electron chi connectivity index (χ2n) is 4.89. The standard InChI is InChI=1S/C13H23N5/c1-4-5-15-12-8-13(17-11(3)16-12)18-7-6-14-10(2)9-18/h8,10,14H,4-7,9H2,1-3H3,(H,15,16,17). The molecule has 2 rings (SSSR count). The Morgan fingerprint density at radius 3 is 3.06 bits per heavy atom. The smallest absolute Gasteiger partial charge is 0.134 e. The van der Waals surface area contributed by atoms with E-state index in [1.54, 1.807) is 0 Å². The Bertz CT molecular complexity index is 393. The largest absolute Gasteiger partial charge is 0.370 e. The highest BCUT2D eigenvalue weighted by Gasteiger charge is 2.17. The van der Waals surface area contributed by atoms with Crippen molar-refractivity contribution in [3.8, 4) is 0 Å². The predicted molar refractivity (Wildman–Crippen MR) is 75.2 cm³/mol. The molecule has 0 radical (unpaired) electrons. The molecule has 18 heavy (non-hydrogen) atoms. The van der Waals surface area contributed by atoms with Gasteiger partial charge >= 0.3 is 0 Å². The van der Waals surface area contributed by atoms with E-state index in [-0.39, 0.29) is 0 Å². The molecule has 5 heteroatoms. The third-order valence-corrected chi connectivity index (χ3v) is 3.07. The van der Waals surface area contributed by atoms with E-state index in [1.165, 1.54) is 0 Å². The van der Waals surface area contributed by atoms with Gasteiger partial charge in [-0.1, -0.05) is 6.92 Å². The van der Waals surface area contributed by atoms with Crippen LogP contribution in [0.5, 0.6) is 0 Å². The summed E-state index contributed by atoms with van der Waals surface area (Å²) < 4.78 is 0. The van der Waals surface area contributed by atoms with E-state index < -0.39 is 0 Å². The SMILES string of the molecule is CCCNc1cc(N2CCNC(C)C2)nc(C)n1. The van der Waals surface area contributed by atoms with E-state index >= 15 is 0 Å². The van der Waals surface area contributed by atoms with Gasteiger partial charge in [0.15, 0.2) is 0 Å². The molecule has 2 heterocycles. The van der Waals surface area contributed by atoms with Gasteiger partial charge in [-0.25, -0.2) is 9.97 Å². The Balaban J connectivity index is 2.13. The summed E-state index contributed by atoms with van der Waals surface area (Å²) in [6.07, 6.45) is 1.10. The molecule has 1 aromatic rings. The molecule has 1 atom stereocenters. The number of hydrogen-bond donors (Lipinski definition) is 2. The minimum atomic E-state index is 0.515. The van der Waals surface area contributed by atoms with E-state index in [1.807, 2.05) is 6.92 Å². The fraction of sp³-hybridized carbons (Fsp3) is 0.692. The minimum absolute atomic E-state index is 0.515. The van der Waals surface area contributed by atoms with Crippen molar-refractivity contribution in [2.24, 2.45) is 0 Å². The third kappa shape index (κ3) is 3.32. The molecule has 1 aliphatic heterocycles. The first kappa shape index (κ1) is 13.1. The van der Waals surface area contributed by atoms with Crippen molar-refractivity contribution in [1.29, 1.82) is 0 Å². The molecular weight excluding hydrogens is 226 g/mol. The second kappa shape index (κ2) is 6.00. The van der Waals surface area contributed by atoms with Crippen molar-refractivity contribution >= 4 is 11.6 Å². The molecular formula is C13H23N5. The molecule has 5 nitrogen and oxygen atoms in total. The molecule has 100 valence electrons. The number of nitrogens with one attached hydrogen (secondary N) is 2. The number of aryl methyl sites for hydroxylation is 1. The van der Waals surface area contributed by atoms with Gasteiger partial charge in [0.2, 0.25) is 0 Å². The third-order valence-electron chi connectivity index (χ3n) is 3.07. The highest BCUT2D eigenvalue weighted by atomic mass is 15.3. The number of hydrogen-bond acceptors (Lipinski definition) is 5. The van der Waals surface area contributed by atoms with Gasteiger partial charge in [-0.15, -0.1) is 0 Å². The van der Waals surface area contributed by atoms with E-state index in [0.717, 1.165) is 50.1 Å². The fourth-order valence-corrected chi connectivity index (χ4v) is 2.20. The molecule has 0 bridgehead atoms. The van der Waals surface area contributed by atoms with Crippen LogP contribution >= 0.6 is 0 Å². The van der Waals surface area contributed by atoms with E-state index in [9.17, 15) is 0 Å². The van der Waals surface area contributed by atoms with Crippen LogP contribution in [0.1, 0.15) is 26.1 Å². The summed E-state index contributed by atoms with van der Waals surface area (Å²) in [6, 6.07) is 2.57. The van der Waals surface area contributed by atoms with Crippen LogP contribution in [0.3, 0.4) is 0 Å². The molecule has 1 aliphatic rings. The maximum absolute atomic E-state index is 4.55. The van der Waals surface area contributed by atoms with Crippen LogP contribution in [0.15, 0.2) is 6.07 Å². The number of rotatable bonds is 4. The summed E-state index contributed by atoms with van der Waals surface area (Å²) in [5, 5.41) is 6.78. The lowest BCUT2D eigenvalue weighted by Crippen LogP contribution is -2.49. The van der Waals surface area contributed by atoms with Crippen LogP contribution in [0.25, 0.3) is 0 Å². The fourth-order valence-electron chi connectivity index (χ4n) is 2.20. The van der Waals surface area contributed by atoms with Crippen LogP contribution in [0, 0.1) is 6.92 Å². The zero-order valence-electron chi connectivity index (χ0n) is 11.5. The molecule has 1 saturated heterocycles. The van der Waals surface area contributed by atoms with Crippen molar-refractivity contribution in [3.63, 3.8) is 0 Å². The lowest BCUT2D eigenvalue weighted by atomic mass is 10.2. The lowest BCUT2D eigenvalue weighted by molar-refractivity contribution is 0.482. The summed E-state index contributed by atoms with van der Waals surface area (Å²) in [4.78, 5) is 11.3. The molecule has 1 unspecified atom stereocenters. The Hall–Kier alpha value is -1.36. The monoisotopic (exact) mass is 249 g/mol. The number of anilines is 2. The van der Waals surface area contributed by atoms with Gasteiger partial charge in [0.1, 0.15) is 17.5 Å². The average Bonchev–Trinajstić information content (AvgIpc) is 2.36. The summed E-state index contributed by atoms with van der Waals surface area (Å²) in [6.45, 7) is 10.3. The summed E-state index contributed by atoms with van der Waals surface area (Å²) in [5.41, 5.74) is 0. The number of piperazine rings is 1. The summed E-state index contributed by atoms with van der Waals surface area (Å²) in [7, 11) is 0. The van der Waals surface area contributed by atoms with Crippen molar-refractivity contribution < 1.29 is 0 Å². The summed E-state index contributed by atoms with van der Waals surface area (Å²) in [5.74, 6) is 2.80. The van der Waals surface area contributed by atoms with Gasteiger partial charge < -0.3 is 15.5 Å². The Labute approximate surface area is 109 Å². The van der Waals surface area contributed by atoms with E-state index in [4.69, 9.17) is 0 Å². The maximum atomic E-state index is 4.55. The topological polar surface area (TPSA) is 53.1 Å². The average molecular weight is 249 g/mol. The molecule has 0 spiro atoms. The second-order valence-corrected chi connectivity index (χ2v) is 4.89. The van der Waals surface area contributed by atoms with Crippen molar-refractivity contribution in [1.82, 2.24) is 15.3 Å². The zero-order chi connectivity index (χ0) is 13.0. The Morgan fingerprint density at radius 1 is 1.50 bits per heavy atom. The quantitative estimate of drug-likeness (QED) is 0.845. The van der Waals surface area contributed by atoms with Gasteiger partial charge in [0, 0.05) is 38.3 Å². The predicted octanol–water partition coefficient (Wildman–Crippen LogP) is 1.41. The molecule has 0 aromatic carbocycles. The molecule has 0 saturated carbocycles. The molecule has 0 amide bonds. The van der Waals surface area contributed by atoms with Gasteiger partial charge in [-0.05, 0) is 20.3 Å². The van der Waals surface area contributed by atoms with Crippen molar-refractivity contribution in [2.75, 3.05) is 36.4 Å². The summed E-state index contributed by atoms with van der Waals surface area (Å²) >= 11 is 0. The molecule has 0 aliphatic carbocycles. The van der Waals surface area contributed by atoms with Gasteiger partial charge in [-0.3, -0.25) is 0 Å². The van der Waals surface area contributed by atoms with Gasteiger partial charge in [-0.2, -0.15) is 0 Å². The van der Waals surface area contributed by atoms with E-state index in [0.29, 0.717) is 6.04 Å². The van der Waals surface area contributed by atoms with Gasteiger partial charge in [0.25, 0.3) is 0 Å². The van der Waals surface area contributed by atoms with Crippen molar-refractivity contribution in [2.45, 2.75) is 33.2 Å².